The fraction of sp³-hybridized carbons (Fsp3) is 0.440. The number of carbonyl (C=O) groups is 2. The van der Waals surface area contributed by atoms with Crippen molar-refractivity contribution in [2.45, 2.75) is 59.2 Å². The van der Waals surface area contributed by atoms with Crippen LogP contribution in [0.4, 0.5) is 5.69 Å². The van der Waals surface area contributed by atoms with Crippen molar-refractivity contribution in [1.82, 2.24) is 10.2 Å². The lowest BCUT2D eigenvalue weighted by Gasteiger charge is -2.33. The van der Waals surface area contributed by atoms with Crippen molar-refractivity contribution in [2.75, 3.05) is 17.1 Å². The summed E-state index contributed by atoms with van der Waals surface area (Å²) in [5.74, 6) is -0.800. The van der Waals surface area contributed by atoms with Gasteiger partial charge in [0.2, 0.25) is 21.8 Å². The highest BCUT2D eigenvalue weighted by Crippen LogP contribution is 2.30. The molecule has 2 rings (SSSR count). The van der Waals surface area contributed by atoms with Crippen molar-refractivity contribution in [2.24, 2.45) is 0 Å². The second-order valence-electron chi connectivity index (χ2n) is 8.61. The smallest absolute Gasteiger partial charge is 0.244 e. The van der Waals surface area contributed by atoms with Gasteiger partial charge in [0.1, 0.15) is 12.6 Å². The van der Waals surface area contributed by atoms with E-state index >= 15 is 0 Å². The lowest BCUT2D eigenvalue weighted by molar-refractivity contribution is -0.140. The predicted molar refractivity (Wildman–Crippen MR) is 142 cm³/mol. The lowest BCUT2D eigenvalue weighted by atomic mass is 10.1. The predicted octanol–water partition coefficient (Wildman–Crippen LogP) is 4.79. The average molecular weight is 543 g/mol. The number of rotatable bonds is 11. The maximum atomic E-state index is 13.7. The van der Waals surface area contributed by atoms with Gasteiger partial charge in [0.25, 0.3) is 0 Å². The molecule has 2 aromatic carbocycles. The fourth-order valence-electron chi connectivity index (χ4n) is 3.53. The van der Waals surface area contributed by atoms with Crippen LogP contribution in [0.1, 0.15) is 44.7 Å². The van der Waals surface area contributed by atoms with Crippen LogP contribution in [0.2, 0.25) is 10.0 Å². The van der Waals surface area contributed by atoms with E-state index in [0.29, 0.717) is 11.4 Å². The number of sulfonamides is 1. The van der Waals surface area contributed by atoms with E-state index in [-0.39, 0.29) is 29.2 Å². The van der Waals surface area contributed by atoms with Gasteiger partial charge in [-0.1, -0.05) is 66.9 Å². The summed E-state index contributed by atoms with van der Waals surface area (Å²) in [6.07, 6.45) is 2.11. The number of aryl methyl sites for hydroxylation is 1. The number of anilines is 1. The number of benzene rings is 2. The first-order valence-corrected chi connectivity index (χ1v) is 14.1. The van der Waals surface area contributed by atoms with Crippen LogP contribution >= 0.6 is 23.2 Å². The van der Waals surface area contributed by atoms with E-state index in [1.165, 1.54) is 23.1 Å². The van der Waals surface area contributed by atoms with Crippen LogP contribution in [0.15, 0.2) is 42.5 Å². The fourth-order valence-corrected chi connectivity index (χ4v) is 4.95. The third kappa shape index (κ3) is 8.12. The van der Waals surface area contributed by atoms with Gasteiger partial charge in [0.15, 0.2) is 0 Å². The molecule has 0 heterocycles. The highest BCUT2D eigenvalue weighted by Gasteiger charge is 2.32. The second-order valence-corrected chi connectivity index (χ2v) is 11.4. The van der Waals surface area contributed by atoms with Crippen molar-refractivity contribution >= 4 is 50.7 Å². The van der Waals surface area contributed by atoms with Gasteiger partial charge in [-0.25, -0.2) is 8.42 Å². The van der Waals surface area contributed by atoms with Gasteiger partial charge in [-0.2, -0.15) is 0 Å². The molecule has 0 aliphatic rings. The summed E-state index contributed by atoms with van der Waals surface area (Å²) < 4.78 is 26.3. The van der Waals surface area contributed by atoms with Crippen molar-refractivity contribution in [1.29, 1.82) is 0 Å². The third-order valence-electron chi connectivity index (χ3n) is 5.72. The summed E-state index contributed by atoms with van der Waals surface area (Å²) in [4.78, 5) is 28.2. The standard InChI is InChI=1S/C25H33Cl2N3O4S/c1-6-18(4)28-25(32)22(7-2)29(15-19-10-8-17(3)9-11-19)24(31)16-30(35(5,33)34)23-13-12-20(26)14-21(23)27/h8-14,18,22H,6-7,15-16H2,1-5H3,(H,28,32)/t18-,22+/m0/s1. The van der Waals surface area contributed by atoms with Crippen LogP contribution in [-0.4, -0.2) is 50.0 Å². The van der Waals surface area contributed by atoms with E-state index in [1.807, 2.05) is 52.0 Å². The molecule has 0 bridgehead atoms. The topological polar surface area (TPSA) is 86.8 Å². The van der Waals surface area contributed by atoms with Gasteiger partial charge >= 0.3 is 0 Å². The Morgan fingerprint density at radius 3 is 2.17 bits per heavy atom. The Morgan fingerprint density at radius 1 is 1.03 bits per heavy atom. The highest BCUT2D eigenvalue weighted by atomic mass is 35.5. The molecule has 2 atom stereocenters. The first-order chi connectivity index (χ1) is 16.4. The van der Waals surface area contributed by atoms with E-state index in [0.717, 1.165) is 28.1 Å². The van der Waals surface area contributed by atoms with Crippen LogP contribution in [0, 0.1) is 6.92 Å². The molecule has 0 fully saturated rings. The number of halogens is 2. The maximum absolute atomic E-state index is 13.7. The van der Waals surface area contributed by atoms with Crippen LogP contribution in [-0.2, 0) is 26.2 Å². The molecule has 0 aliphatic carbocycles. The number of nitrogens with zero attached hydrogens (tertiary/aromatic N) is 2. The summed E-state index contributed by atoms with van der Waals surface area (Å²) >= 11 is 12.2. The van der Waals surface area contributed by atoms with Gasteiger partial charge in [0.05, 0.1) is 17.0 Å². The van der Waals surface area contributed by atoms with Crippen molar-refractivity contribution in [3.63, 3.8) is 0 Å². The first-order valence-electron chi connectivity index (χ1n) is 11.5. The molecule has 192 valence electrons. The first kappa shape index (κ1) is 28.9. The Hall–Kier alpha value is -2.29. The molecular weight excluding hydrogens is 509 g/mol. The number of hydrogen-bond donors (Lipinski definition) is 1. The molecule has 0 radical (unpaired) electrons. The molecule has 0 aromatic heterocycles. The largest absolute Gasteiger partial charge is 0.352 e. The van der Waals surface area contributed by atoms with E-state index in [9.17, 15) is 18.0 Å². The van der Waals surface area contributed by atoms with Crippen LogP contribution in [0.3, 0.4) is 0 Å². The molecule has 2 amide bonds. The maximum Gasteiger partial charge on any atom is 0.244 e. The molecular formula is C25H33Cl2N3O4S. The van der Waals surface area contributed by atoms with E-state index in [1.54, 1.807) is 0 Å². The molecule has 10 heteroatoms. The van der Waals surface area contributed by atoms with E-state index < -0.39 is 28.5 Å². The number of carbonyl (C=O) groups excluding carboxylic acids is 2. The van der Waals surface area contributed by atoms with Crippen LogP contribution in [0.5, 0.6) is 0 Å². The summed E-state index contributed by atoms with van der Waals surface area (Å²) in [6, 6.07) is 11.2. The van der Waals surface area contributed by atoms with Crippen molar-refractivity contribution in [3.05, 3.63) is 63.6 Å². The SMILES string of the molecule is CC[C@H](C(=O)N[C@@H](C)CC)N(Cc1ccc(C)cc1)C(=O)CN(c1ccc(Cl)cc1Cl)S(C)(=O)=O. The molecule has 0 aliphatic heterocycles. The minimum Gasteiger partial charge on any atom is -0.352 e. The summed E-state index contributed by atoms with van der Waals surface area (Å²) in [6.45, 7) is 7.27. The van der Waals surface area contributed by atoms with Crippen LogP contribution in [0.25, 0.3) is 0 Å². The van der Waals surface area contributed by atoms with Crippen LogP contribution < -0.4 is 9.62 Å². The zero-order valence-electron chi connectivity index (χ0n) is 20.7. The minimum atomic E-state index is -3.88. The Labute approximate surface area is 218 Å². The number of nitrogens with one attached hydrogen (secondary N) is 1. The number of hydrogen-bond acceptors (Lipinski definition) is 4. The molecule has 7 nitrogen and oxygen atoms in total. The zero-order chi connectivity index (χ0) is 26.3. The normalized spacial score (nSPS) is 13.1. The summed E-state index contributed by atoms with van der Waals surface area (Å²) in [5.41, 5.74) is 2.03. The average Bonchev–Trinajstić information content (AvgIpc) is 2.78. The van der Waals surface area contributed by atoms with Gasteiger partial charge in [-0.3, -0.25) is 13.9 Å². The Balaban J connectivity index is 2.46. The Kier molecular flexibility index (Phi) is 10.4. The molecule has 0 unspecified atom stereocenters. The van der Waals surface area contributed by atoms with Gasteiger partial charge in [0, 0.05) is 17.6 Å². The van der Waals surface area contributed by atoms with E-state index in [4.69, 9.17) is 23.2 Å². The monoisotopic (exact) mass is 541 g/mol. The number of amides is 2. The van der Waals surface area contributed by atoms with Crippen molar-refractivity contribution in [3.8, 4) is 0 Å². The van der Waals surface area contributed by atoms with Gasteiger partial charge in [-0.05, 0) is 50.5 Å². The van der Waals surface area contributed by atoms with Gasteiger partial charge in [-0.15, -0.1) is 0 Å². The summed E-state index contributed by atoms with van der Waals surface area (Å²) in [5, 5.41) is 3.38. The molecule has 0 saturated heterocycles. The molecule has 35 heavy (non-hydrogen) atoms. The second kappa shape index (κ2) is 12.6. The molecule has 0 saturated carbocycles. The van der Waals surface area contributed by atoms with Gasteiger partial charge < -0.3 is 10.2 Å². The Morgan fingerprint density at radius 2 is 1.66 bits per heavy atom. The lowest BCUT2D eigenvalue weighted by Crippen LogP contribution is -2.53. The molecule has 2 aromatic rings. The Bertz CT molecular complexity index is 1140. The van der Waals surface area contributed by atoms with Crippen molar-refractivity contribution < 1.29 is 18.0 Å². The zero-order valence-corrected chi connectivity index (χ0v) is 23.0. The minimum absolute atomic E-state index is 0.0618. The third-order valence-corrected chi connectivity index (χ3v) is 7.38. The quantitative estimate of drug-likeness (QED) is 0.443. The van der Waals surface area contributed by atoms with E-state index in [2.05, 4.69) is 5.32 Å². The molecule has 1 N–H and O–H groups in total. The summed E-state index contributed by atoms with van der Waals surface area (Å²) in [7, 11) is -3.88. The molecule has 0 spiro atoms. The highest BCUT2D eigenvalue weighted by molar-refractivity contribution is 7.92.